The van der Waals surface area contributed by atoms with Gasteiger partial charge in [-0.05, 0) is 60.0 Å². The van der Waals surface area contributed by atoms with Gasteiger partial charge in [0.1, 0.15) is 17.7 Å². The summed E-state index contributed by atoms with van der Waals surface area (Å²) in [4.78, 5) is 8.71. The molecule has 1 N–H and O–H groups in total. The fourth-order valence-corrected chi connectivity index (χ4v) is 2.53. The number of ether oxygens (including phenoxy) is 1. The normalized spacial score (nSPS) is 12.4. The molecule has 2 aromatic rings. The summed E-state index contributed by atoms with van der Waals surface area (Å²) in [5, 5.41) is 3.07. The van der Waals surface area contributed by atoms with Crippen LogP contribution in [0.5, 0.6) is 5.88 Å². The van der Waals surface area contributed by atoms with Crippen LogP contribution in [0.3, 0.4) is 0 Å². The van der Waals surface area contributed by atoms with E-state index in [2.05, 4.69) is 38.1 Å². The average molecular weight is 412 g/mol. The standard InChI is InChI=1S/C18H20BrF2N3O/c1-4-5-22-10-23-17-9-16(19)18(24-11(17)2)25-12(3)13-6-14(20)8-15(21)7-13/h6-10,12H,4-5H2,1-3H3,(H,22,23). The van der Waals surface area contributed by atoms with Crippen molar-refractivity contribution in [3.05, 3.63) is 51.6 Å². The lowest BCUT2D eigenvalue weighted by Gasteiger charge is -2.16. The Morgan fingerprint density at radius 3 is 2.60 bits per heavy atom. The first-order chi connectivity index (χ1) is 11.9. The third-order valence-electron chi connectivity index (χ3n) is 3.44. The van der Waals surface area contributed by atoms with E-state index in [1.54, 1.807) is 19.3 Å². The molecule has 25 heavy (non-hydrogen) atoms. The number of hydrogen-bond acceptors (Lipinski definition) is 3. The van der Waals surface area contributed by atoms with Gasteiger partial charge >= 0.3 is 0 Å². The van der Waals surface area contributed by atoms with E-state index in [0.717, 1.165) is 19.0 Å². The molecule has 0 saturated carbocycles. The topological polar surface area (TPSA) is 46.5 Å². The van der Waals surface area contributed by atoms with Gasteiger partial charge in [-0.25, -0.2) is 18.8 Å². The van der Waals surface area contributed by atoms with E-state index in [0.29, 0.717) is 27.3 Å². The van der Waals surface area contributed by atoms with Crippen LogP contribution in [0.25, 0.3) is 0 Å². The van der Waals surface area contributed by atoms with Crippen LogP contribution in [-0.2, 0) is 0 Å². The molecule has 0 fully saturated rings. The fraction of sp³-hybridized carbons (Fsp3) is 0.333. The summed E-state index contributed by atoms with van der Waals surface area (Å²) in [6, 6.07) is 5.10. The van der Waals surface area contributed by atoms with E-state index in [1.165, 1.54) is 12.1 Å². The first-order valence-corrected chi connectivity index (χ1v) is 8.75. The summed E-state index contributed by atoms with van der Waals surface area (Å²) >= 11 is 3.40. The van der Waals surface area contributed by atoms with Crippen molar-refractivity contribution in [2.45, 2.75) is 33.3 Å². The quantitative estimate of drug-likeness (QED) is 0.385. The molecule has 1 atom stereocenters. The number of hydrogen-bond donors (Lipinski definition) is 1. The Labute approximate surface area is 154 Å². The summed E-state index contributed by atoms with van der Waals surface area (Å²) in [5.41, 5.74) is 1.78. The number of halogens is 3. The molecule has 0 bridgehead atoms. The summed E-state index contributed by atoms with van der Waals surface area (Å²) in [7, 11) is 0. The van der Waals surface area contributed by atoms with E-state index in [4.69, 9.17) is 4.74 Å². The Balaban J connectivity index is 2.16. The summed E-state index contributed by atoms with van der Waals surface area (Å²) in [6.45, 7) is 6.44. The number of aliphatic imine (C=N–C) groups is 1. The van der Waals surface area contributed by atoms with E-state index >= 15 is 0 Å². The molecule has 0 saturated heterocycles. The lowest BCUT2D eigenvalue weighted by atomic mass is 10.1. The largest absolute Gasteiger partial charge is 0.469 e. The lowest BCUT2D eigenvalue weighted by Crippen LogP contribution is -2.11. The maximum absolute atomic E-state index is 13.4. The van der Waals surface area contributed by atoms with Crippen molar-refractivity contribution in [1.29, 1.82) is 0 Å². The van der Waals surface area contributed by atoms with E-state index in [9.17, 15) is 8.78 Å². The molecule has 134 valence electrons. The van der Waals surface area contributed by atoms with Crippen LogP contribution >= 0.6 is 15.9 Å². The van der Waals surface area contributed by atoms with Crippen molar-refractivity contribution in [3.63, 3.8) is 0 Å². The first-order valence-electron chi connectivity index (χ1n) is 7.96. The third-order valence-corrected chi connectivity index (χ3v) is 4.01. The van der Waals surface area contributed by atoms with Crippen molar-refractivity contribution in [2.75, 3.05) is 6.54 Å². The van der Waals surface area contributed by atoms with Crippen LogP contribution < -0.4 is 10.1 Å². The molecule has 7 heteroatoms. The van der Waals surface area contributed by atoms with Crippen molar-refractivity contribution in [3.8, 4) is 5.88 Å². The number of benzene rings is 1. The zero-order valence-corrected chi connectivity index (χ0v) is 15.9. The van der Waals surface area contributed by atoms with Crippen molar-refractivity contribution >= 4 is 28.0 Å². The molecule has 2 rings (SSSR count). The smallest absolute Gasteiger partial charge is 0.228 e. The Morgan fingerprint density at radius 2 is 1.96 bits per heavy atom. The molecular weight excluding hydrogens is 392 g/mol. The minimum Gasteiger partial charge on any atom is -0.469 e. The second kappa shape index (κ2) is 8.89. The molecule has 1 unspecified atom stereocenters. The highest BCUT2D eigenvalue weighted by atomic mass is 79.9. The van der Waals surface area contributed by atoms with Gasteiger partial charge < -0.3 is 10.1 Å². The molecule has 1 aromatic carbocycles. The maximum Gasteiger partial charge on any atom is 0.228 e. The second-order valence-corrected chi connectivity index (χ2v) is 6.41. The van der Waals surface area contributed by atoms with Gasteiger partial charge in [0.15, 0.2) is 0 Å². The predicted octanol–water partition coefficient (Wildman–Crippen LogP) is 5.23. The lowest BCUT2D eigenvalue weighted by molar-refractivity contribution is 0.214. The highest BCUT2D eigenvalue weighted by Gasteiger charge is 2.15. The maximum atomic E-state index is 13.4. The Morgan fingerprint density at radius 1 is 1.28 bits per heavy atom. The average Bonchev–Trinajstić information content (AvgIpc) is 2.54. The van der Waals surface area contributed by atoms with Gasteiger partial charge in [-0.15, -0.1) is 0 Å². The number of nitrogens with zero attached hydrogens (tertiary/aromatic N) is 2. The van der Waals surface area contributed by atoms with Crippen LogP contribution in [0.1, 0.15) is 37.6 Å². The number of rotatable bonds is 7. The van der Waals surface area contributed by atoms with Crippen LogP contribution in [0.2, 0.25) is 0 Å². The van der Waals surface area contributed by atoms with Crippen molar-refractivity contribution < 1.29 is 13.5 Å². The number of pyridine rings is 1. The van der Waals surface area contributed by atoms with Gasteiger partial charge in [0, 0.05) is 12.6 Å². The van der Waals surface area contributed by atoms with Crippen LogP contribution in [-0.4, -0.2) is 17.9 Å². The van der Waals surface area contributed by atoms with Crippen LogP contribution in [0.4, 0.5) is 14.5 Å². The van der Waals surface area contributed by atoms with Gasteiger partial charge in [-0.1, -0.05) is 6.92 Å². The van der Waals surface area contributed by atoms with Gasteiger partial charge in [0.05, 0.1) is 22.2 Å². The fourth-order valence-electron chi connectivity index (χ4n) is 2.13. The Bertz CT molecular complexity index is 748. The summed E-state index contributed by atoms with van der Waals surface area (Å²) in [5.74, 6) is -0.939. The van der Waals surface area contributed by atoms with Crippen LogP contribution in [0.15, 0.2) is 33.7 Å². The predicted molar refractivity (Wildman–Crippen MR) is 98.5 cm³/mol. The molecule has 0 aliphatic rings. The van der Waals surface area contributed by atoms with Crippen LogP contribution in [0, 0.1) is 18.6 Å². The molecule has 1 heterocycles. The molecule has 0 aliphatic carbocycles. The molecule has 4 nitrogen and oxygen atoms in total. The van der Waals surface area contributed by atoms with Gasteiger partial charge in [0.2, 0.25) is 5.88 Å². The molecule has 0 amide bonds. The second-order valence-electron chi connectivity index (χ2n) is 5.56. The zero-order chi connectivity index (χ0) is 18.4. The number of nitrogens with one attached hydrogen (secondary N) is 1. The molecule has 0 aliphatic heterocycles. The SMILES string of the molecule is CCCN/C=N\c1cc(Br)c(OC(C)c2cc(F)cc(F)c2)nc1C. The monoisotopic (exact) mass is 411 g/mol. The minimum atomic E-state index is -0.641. The molecule has 0 spiro atoms. The highest BCUT2D eigenvalue weighted by molar-refractivity contribution is 9.10. The molecule has 0 radical (unpaired) electrons. The van der Waals surface area contributed by atoms with Gasteiger partial charge in [-0.3, -0.25) is 0 Å². The molecular formula is C18H20BrF2N3O. The first kappa shape index (κ1) is 19.3. The summed E-state index contributed by atoms with van der Waals surface area (Å²) < 4.78 is 33.1. The molecule has 1 aromatic heterocycles. The Hall–Kier alpha value is -2.02. The van der Waals surface area contributed by atoms with Crippen molar-refractivity contribution in [2.24, 2.45) is 4.99 Å². The Kier molecular flexibility index (Phi) is 6.87. The minimum absolute atomic E-state index is 0.343. The van der Waals surface area contributed by atoms with E-state index in [-0.39, 0.29) is 0 Å². The van der Waals surface area contributed by atoms with Gasteiger partial charge in [0.25, 0.3) is 0 Å². The van der Waals surface area contributed by atoms with E-state index in [1.807, 2.05) is 6.92 Å². The summed E-state index contributed by atoms with van der Waals surface area (Å²) in [6.07, 6.45) is 2.09. The zero-order valence-electron chi connectivity index (χ0n) is 14.3. The van der Waals surface area contributed by atoms with Gasteiger partial charge in [-0.2, -0.15) is 0 Å². The van der Waals surface area contributed by atoms with E-state index < -0.39 is 17.7 Å². The number of aryl methyl sites for hydroxylation is 1. The number of aromatic nitrogens is 1. The van der Waals surface area contributed by atoms with Crippen molar-refractivity contribution in [1.82, 2.24) is 10.3 Å². The third kappa shape index (κ3) is 5.49. The highest BCUT2D eigenvalue weighted by Crippen LogP contribution is 2.32.